The number of halogens is 2. The maximum Gasteiger partial charge on any atom is 0.289 e. The minimum absolute atomic E-state index is 0.115. The van der Waals surface area contributed by atoms with Crippen LogP contribution < -0.4 is 0 Å². The van der Waals surface area contributed by atoms with Crippen LogP contribution >= 0.6 is 44.8 Å². The Labute approximate surface area is 140 Å². The van der Waals surface area contributed by atoms with Crippen molar-refractivity contribution in [1.29, 1.82) is 0 Å². The Balaban J connectivity index is 2.13. The summed E-state index contributed by atoms with van der Waals surface area (Å²) in [7, 11) is 2.17. The largest absolute Gasteiger partial charge is 0.289 e. The second-order valence-corrected chi connectivity index (χ2v) is 6.56. The van der Waals surface area contributed by atoms with Gasteiger partial charge in [-0.1, -0.05) is 23.2 Å². The van der Waals surface area contributed by atoms with Crippen molar-refractivity contribution in [3.8, 4) is 0 Å². The van der Waals surface area contributed by atoms with Crippen LogP contribution in [-0.2, 0) is 0 Å². The molecule has 0 aliphatic heterocycles. The highest BCUT2D eigenvalue weighted by atomic mass is 35.5. The monoisotopic (exact) mass is 378 g/mol. The topological polar surface area (TPSA) is 112 Å². The van der Waals surface area contributed by atoms with Gasteiger partial charge in [0.1, 0.15) is 22.4 Å². The summed E-state index contributed by atoms with van der Waals surface area (Å²) in [5.41, 5.74) is -0.434. The summed E-state index contributed by atoms with van der Waals surface area (Å²) in [6.07, 6.45) is 2.17. The van der Waals surface area contributed by atoms with Gasteiger partial charge >= 0.3 is 0 Å². The summed E-state index contributed by atoms with van der Waals surface area (Å²) in [5, 5.41) is 22.1. The molecule has 2 heterocycles. The second-order valence-electron chi connectivity index (χ2n) is 3.64. The quantitative estimate of drug-likeness (QED) is 0.427. The number of nitro groups is 2. The van der Waals surface area contributed by atoms with E-state index in [1.807, 2.05) is 0 Å². The van der Waals surface area contributed by atoms with Crippen molar-refractivity contribution in [1.82, 2.24) is 9.97 Å². The first-order chi connectivity index (χ1) is 10.4. The second kappa shape index (κ2) is 7.09. The van der Waals surface area contributed by atoms with Crippen molar-refractivity contribution >= 4 is 56.2 Å². The molecule has 0 unspecified atom stereocenters. The maximum absolute atomic E-state index is 10.6. The lowest BCUT2D eigenvalue weighted by Crippen LogP contribution is -1.91. The molecule has 0 N–H and O–H groups in total. The summed E-state index contributed by atoms with van der Waals surface area (Å²) in [5.74, 6) is 0. The molecule has 22 heavy (non-hydrogen) atoms. The van der Waals surface area contributed by atoms with E-state index in [-0.39, 0.29) is 21.4 Å². The molecule has 2 rings (SSSR count). The van der Waals surface area contributed by atoms with Gasteiger partial charge in [0.15, 0.2) is 0 Å². The lowest BCUT2D eigenvalue weighted by atomic mass is 10.4. The standard InChI is InChI=1S/C10H4Cl2N4O4S2/c11-7-1-5(15(17)18)3-13-9(7)21-22-10-8(12)2-6(4-14-10)16(19)20/h1-4H. The SMILES string of the molecule is O=[N+]([O-])c1cnc(SSc2ncc([N+](=O)[O-])cc2Cl)c(Cl)c1. The summed E-state index contributed by atoms with van der Waals surface area (Å²) < 4.78 is 0. The predicted octanol–water partition coefficient (Wildman–Crippen LogP) is 4.40. The molecule has 0 bridgehead atoms. The molecule has 0 saturated carbocycles. The lowest BCUT2D eigenvalue weighted by Gasteiger charge is -2.03. The molecule has 0 atom stereocenters. The van der Waals surface area contributed by atoms with Crippen molar-refractivity contribution in [2.24, 2.45) is 0 Å². The Kier molecular flexibility index (Phi) is 5.40. The zero-order valence-electron chi connectivity index (χ0n) is 10.3. The van der Waals surface area contributed by atoms with Crippen LogP contribution in [0.2, 0.25) is 10.0 Å². The Bertz CT molecular complexity index is 698. The highest BCUT2D eigenvalue weighted by molar-refractivity contribution is 8.76. The smallest absolute Gasteiger partial charge is 0.258 e. The minimum atomic E-state index is -0.602. The zero-order valence-corrected chi connectivity index (χ0v) is 13.4. The van der Waals surface area contributed by atoms with Gasteiger partial charge in [0.05, 0.1) is 19.9 Å². The summed E-state index contributed by atoms with van der Waals surface area (Å²) in [6, 6.07) is 2.37. The number of nitrogens with zero attached hydrogens (tertiary/aromatic N) is 4. The molecule has 2 aromatic rings. The fraction of sp³-hybridized carbons (Fsp3) is 0. The van der Waals surface area contributed by atoms with Crippen molar-refractivity contribution in [2.45, 2.75) is 10.1 Å². The van der Waals surface area contributed by atoms with Gasteiger partial charge in [0.25, 0.3) is 11.4 Å². The molecule has 8 nitrogen and oxygen atoms in total. The molecule has 0 saturated heterocycles. The first-order valence-electron chi connectivity index (χ1n) is 5.33. The molecule has 0 aromatic carbocycles. The minimum Gasteiger partial charge on any atom is -0.258 e. The van der Waals surface area contributed by atoms with E-state index in [9.17, 15) is 20.2 Å². The third-order valence-corrected chi connectivity index (χ3v) is 5.25. The van der Waals surface area contributed by atoms with Crippen LogP contribution in [0.15, 0.2) is 34.6 Å². The Morgan fingerprint density at radius 3 is 1.50 bits per heavy atom. The van der Waals surface area contributed by atoms with Crippen molar-refractivity contribution in [2.75, 3.05) is 0 Å². The van der Waals surface area contributed by atoms with Gasteiger partial charge in [-0.2, -0.15) is 0 Å². The van der Waals surface area contributed by atoms with E-state index in [1.54, 1.807) is 0 Å². The van der Waals surface area contributed by atoms with Gasteiger partial charge in [0, 0.05) is 12.1 Å². The molecule has 0 aliphatic rings. The third kappa shape index (κ3) is 3.97. The van der Waals surface area contributed by atoms with Crippen molar-refractivity contribution in [3.63, 3.8) is 0 Å². The molecule has 0 aliphatic carbocycles. The summed E-state index contributed by atoms with van der Waals surface area (Å²) in [4.78, 5) is 27.7. The first kappa shape index (κ1) is 16.7. The fourth-order valence-corrected chi connectivity index (χ4v) is 3.96. The van der Waals surface area contributed by atoms with Crippen LogP contribution in [0.1, 0.15) is 0 Å². The van der Waals surface area contributed by atoms with Gasteiger partial charge in [0.2, 0.25) is 0 Å². The first-order valence-corrected chi connectivity index (χ1v) is 8.23. The molecule has 0 fully saturated rings. The maximum atomic E-state index is 10.6. The van der Waals surface area contributed by atoms with Crippen LogP contribution in [0.4, 0.5) is 11.4 Å². The van der Waals surface area contributed by atoms with E-state index in [2.05, 4.69) is 9.97 Å². The molecule has 0 spiro atoms. The molecular formula is C10H4Cl2N4O4S2. The molecule has 0 amide bonds. The highest BCUT2D eigenvalue weighted by Gasteiger charge is 2.15. The third-order valence-electron chi connectivity index (χ3n) is 2.21. The van der Waals surface area contributed by atoms with E-state index < -0.39 is 9.85 Å². The lowest BCUT2D eigenvalue weighted by molar-refractivity contribution is -0.385. The van der Waals surface area contributed by atoms with E-state index in [0.717, 1.165) is 34.0 Å². The Morgan fingerprint density at radius 1 is 0.864 bits per heavy atom. The number of rotatable bonds is 5. The molecule has 114 valence electrons. The summed E-state index contributed by atoms with van der Waals surface area (Å²) >= 11 is 11.8. The average Bonchev–Trinajstić information content (AvgIpc) is 2.46. The van der Waals surface area contributed by atoms with Gasteiger partial charge in [-0.3, -0.25) is 20.2 Å². The van der Waals surface area contributed by atoms with E-state index in [0.29, 0.717) is 10.1 Å². The number of hydrogen-bond acceptors (Lipinski definition) is 8. The summed E-state index contributed by atoms with van der Waals surface area (Å²) in [6.45, 7) is 0. The number of aromatic nitrogens is 2. The van der Waals surface area contributed by atoms with Crippen LogP contribution in [0.5, 0.6) is 0 Å². The fourth-order valence-electron chi connectivity index (χ4n) is 1.23. The van der Waals surface area contributed by atoms with Crippen molar-refractivity contribution in [3.05, 3.63) is 54.8 Å². The zero-order chi connectivity index (χ0) is 16.3. The number of hydrogen-bond donors (Lipinski definition) is 0. The molecule has 12 heteroatoms. The average molecular weight is 379 g/mol. The normalized spacial score (nSPS) is 10.5. The van der Waals surface area contributed by atoms with Gasteiger partial charge in [-0.15, -0.1) is 0 Å². The van der Waals surface area contributed by atoms with E-state index in [1.165, 1.54) is 12.1 Å². The Morgan fingerprint density at radius 2 is 1.23 bits per heavy atom. The predicted molar refractivity (Wildman–Crippen MR) is 83.5 cm³/mol. The van der Waals surface area contributed by atoms with Gasteiger partial charge in [-0.05, 0) is 21.6 Å². The highest BCUT2D eigenvalue weighted by Crippen LogP contribution is 2.42. The van der Waals surface area contributed by atoms with Crippen LogP contribution in [0, 0.1) is 20.2 Å². The molecule has 2 aromatic heterocycles. The van der Waals surface area contributed by atoms with Crippen molar-refractivity contribution < 1.29 is 9.85 Å². The Hall–Kier alpha value is -1.62. The molecular weight excluding hydrogens is 375 g/mol. The number of pyridine rings is 2. The van der Waals surface area contributed by atoms with Gasteiger partial charge < -0.3 is 0 Å². The van der Waals surface area contributed by atoms with Crippen LogP contribution in [0.3, 0.4) is 0 Å². The van der Waals surface area contributed by atoms with Crippen LogP contribution in [-0.4, -0.2) is 19.8 Å². The van der Waals surface area contributed by atoms with E-state index in [4.69, 9.17) is 23.2 Å². The van der Waals surface area contributed by atoms with E-state index >= 15 is 0 Å². The molecule has 0 radical (unpaired) electrons. The van der Waals surface area contributed by atoms with Gasteiger partial charge in [-0.25, -0.2) is 9.97 Å². The van der Waals surface area contributed by atoms with Crippen LogP contribution in [0.25, 0.3) is 0 Å².